The Morgan fingerprint density at radius 1 is 1.00 bits per heavy atom. The van der Waals surface area contributed by atoms with Gasteiger partial charge < -0.3 is 14.8 Å². The molecule has 1 atom stereocenters. The second kappa shape index (κ2) is 10.3. The minimum absolute atomic E-state index is 0.0233. The molecule has 144 valence electrons. The third-order valence-electron chi connectivity index (χ3n) is 3.87. The molecule has 0 aliphatic carbocycles. The Labute approximate surface area is 158 Å². The second-order valence-electron chi connectivity index (χ2n) is 6.40. The van der Waals surface area contributed by atoms with Gasteiger partial charge in [-0.2, -0.15) is 0 Å². The van der Waals surface area contributed by atoms with Crippen LogP contribution in [0.3, 0.4) is 0 Å². The van der Waals surface area contributed by atoms with E-state index in [1.54, 1.807) is 12.1 Å². The van der Waals surface area contributed by atoms with Crippen molar-refractivity contribution in [3.05, 3.63) is 66.0 Å². The summed E-state index contributed by atoms with van der Waals surface area (Å²) in [5, 5.41) is 2.72. The zero-order valence-corrected chi connectivity index (χ0v) is 15.5. The van der Waals surface area contributed by atoms with Crippen LogP contribution in [0.4, 0.5) is 4.39 Å². The molecule has 1 unspecified atom stereocenters. The van der Waals surface area contributed by atoms with Gasteiger partial charge in [-0.05, 0) is 23.6 Å². The number of amides is 1. The average Bonchev–Trinajstić information content (AvgIpc) is 2.65. The fraction of sp³-hybridized carbons (Fsp3) is 0.333. The van der Waals surface area contributed by atoms with E-state index in [9.17, 15) is 14.0 Å². The summed E-state index contributed by atoms with van der Waals surface area (Å²) in [6, 6.07) is 14.5. The number of hydrogen-bond donors (Lipinski definition) is 1. The van der Waals surface area contributed by atoms with Gasteiger partial charge >= 0.3 is 5.97 Å². The minimum Gasteiger partial charge on any atom is -0.487 e. The van der Waals surface area contributed by atoms with Crippen LogP contribution in [0, 0.1) is 11.7 Å². The molecule has 0 bridgehead atoms. The Morgan fingerprint density at radius 3 is 2.33 bits per heavy atom. The highest BCUT2D eigenvalue weighted by Crippen LogP contribution is 2.15. The number of benzene rings is 2. The SMILES string of the molecule is CC(C)C(NC(=O)Cc1ccccc1)C(=O)OCCOc1ccccc1F. The maximum absolute atomic E-state index is 13.5. The van der Waals surface area contributed by atoms with Crippen LogP contribution in [0.2, 0.25) is 0 Å². The van der Waals surface area contributed by atoms with Gasteiger partial charge in [0.05, 0.1) is 6.42 Å². The number of halogens is 1. The summed E-state index contributed by atoms with van der Waals surface area (Å²) in [5.74, 6) is -1.30. The summed E-state index contributed by atoms with van der Waals surface area (Å²) >= 11 is 0. The normalized spacial score (nSPS) is 11.7. The topological polar surface area (TPSA) is 64.6 Å². The molecule has 0 saturated carbocycles. The molecule has 0 aliphatic heterocycles. The predicted octanol–water partition coefficient (Wildman–Crippen LogP) is 3.13. The number of hydrogen-bond acceptors (Lipinski definition) is 4. The number of carbonyl (C=O) groups is 2. The lowest BCUT2D eigenvalue weighted by atomic mass is 10.0. The molecule has 0 radical (unpaired) electrons. The molecule has 0 spiro atoms. The lowest BCUT2D eigenvalue weighted by Gasteiger charge is -2.21. The van der Waals surface area contributed by atoms with Gasteiger partial charge in [-0.15, -0.1) is 0 Å². The van der Waals surface area contributed by atoms with E-state index in [1.165, 1.54) is 12.1 Å². The molecule has 1 N–H and O–H groups in total. The van der Waals surface area contributed by atoms with Crippen molar-refractivity contribution < 1.29 is 23.5 Å². The molecule has 0 aliphatic rings. The van der Waals surface area contributed by atoms with Gasteiger partial charge in [0.1, 0.15) is 19.3 Å². The molecule has 2 aromatic rings. The van der Waals surface area contributed by atoms with E-state index in [1.807, 2.05) is 44.2 Å². The van der Waals surface area contributed by atoms with Crippen LogP contribution in [0.1, 0.15) is 19.4 Å². The zero-order chi connectivity index (χ0) is 19.6. The number of esters is 1. The van der Waals surface area contributed by atoms with Crippen molar-refractivity contribution in [1.82, 2.24) is 5.32 Å². The Kier molecular flexibility index (Phi) is 7.79. The number of ether oxygens (including phenoxy) is 2. The first-order valence-corrected chi connectivity index (χ1v) is 8.84. The summed E-state index contributed by atoms with van der Waals surface area (Å²) < 4.78 is 23.9. The van der Waals surface area contributed by atoms with E-state index < -0.39 is 17.8 Å². The molecule has 0 aromatic heterocycles. The largest absolute Gasteiger partial charge is 0.487 e. The Bertz CT molecular complexity index is 749. The smallest absolute Gasteiger partial charge is 0.329 e. The fourth-order valence-corrected chi connectivity index (χ4v) is 2.45. The summed E-state index contributed by atoms with van der Waals surface area (Å²) in [7, 11) is 0. The van der Waals surface area contributed by atoms with E-state index in [-0.39, 0.29) is 37.2 Å². The fourth-order valence-electron chi connectivity index (χ4n) is 2.45. The maximum atomic E-state index is 13.5. The van der Waals surface area contributed by atoms with Crippen molar-refractivity contribution >= 4 is 11.9 Å². The van der Waals surface area contributed by atoms with E-state index in [2.05, 4.69) is 5.32 Å². The van der Waals surface area contributed by atoms with Crippen molar-refractivity contribution in [2.24, 2.45) is 5.92 Å². The van der Waals surface area contributed by atoms with Crippen LogP contribution >= 0.6 is 0 Å². The summed E-state index contributed by atoms with van der Waals surface area (Å²) in [6.07, 6.45) is 0.188. The highest BCUT2D eigenvalue weighted by Gasteiger charge is 2.25. The molecule has 6 heteroatoms. The van der Waals surface area contributed by atoms with Crippen LogP contribution < -0.4 is 10.1 Å². The molecule has 0 fully saturated rings. The standard InChI is InChI=1S/C21H24FNO4/c1-15(2)20(23-19(24)14-16-8-4-3-5-9-16)21(25)27-13-12-26-18-11-7-6-10-17(18)22/h3-11,15,20H,12-14H2,1-2H3,(H,23,24). The highest BCUT2D eigenvalue weighted by molar-refractivity contribution is 5.85. The van der Waals surface area contributed by atoms with E-state index >= 15 is 0 Å². The quantitative estimate of drug-likeness (QED) is 0.542. The average molecular weight is 373 g/mol. The summed E-state index contributed by atoms with van der Waals surface area (Å²) in [6.45, 7) is 3.63. The lowest BCUT2D eigenvalue weighted by Crippen LogP contribution is -2.46. The van der Waals surface area contributed by atoms with Gasteiger partial charge in [-0.1, -0.05) is 56.3 Å². The third kappa shape index (κ3) is 6.73. The van der Waals surface area contributed by atoms with Crippen LogP contribution in [-0.2, 0) is 20.7 Å². The molecule has 1 amide bonds. The molecule has 0 saturated heterocycles. The second-order valence-corrected chi connectivity index (χ2v) is 6.40. The van der Waals surface area contributed by atoms with Gasteiger partial charge in [0.25, 0.3) is 0 Å². The van der Waals surface area contributed by atoms with Gasteiger partial charge in [-0.25, -0.2) is 9.18 Å². The Morgan fingerprint density at radius 2 is 1.67 bits per heavy atom. The van der Waals surface area contributed by atoms with Crippen molar-refractivity contribution in [3.63, 3.8) is 0 Å². The first-order chi connectivity index (χ1) is 13.0. The minimum atomic E-state index is -0.755. The summed E-state index contributed by atoms with van der Waals surface area (Å²) in [5.41, 5.74) is 0.865. The van der Waals surface area contributed by atoms with E-state index in [0.717, 1.165) is 5.56 Å². The van der Waals surface area contributed by atoms with Gasteiger partial charge in [0.15, 0.2) is 11.6 Å². The predicted molar refractivity (Wildman–Crippen MR) is 99.8 cm³/mol. The summed E-state index contributed by atoms with van der Waals surface area (Å²) in [4.78, 5) is 24.5. The first kappa shape index (κ1) is 20.4. The van der Waals surface area contributed by atoms with Crippen LogP contribution in [-0.4, -0.2) is 31.1 Å². The third-order valence-corrected chi connectivity index (χ3v) is 3.87. The number of para-hydroxylation sites is 1. The molecule has 27 heavy (non-hydrogen) atoms. The number of carbonyl (C=O) groups excluding carboxylic acids is 2. The van der Waals surface area contributed by atoms with Gasteiger partial charge in [0, 0.05) is 0 Å². The van der Waals surface area contributed by atoms with Crippen molar-refractivity contribution in [2.45, 2.75) is 26.3 Å². The first-order valence-electron chi connectivity index (χ1n) is 8.84. The van der Waals surface area contributed by atoms with Crippen molar-refractivity contribution in [2.75, 3.05) is 13.2 Å². The monoisotopic (exact) mass is 373 g/mol. The maximum Gasteiger partial charge on any atom is 0.329 e. The van der Waals surface area contributed by atoms with E-state index in [0.29, 0.717) is 0 Å². The van der Waals surface area contributed by atoms with Gasteiger partial charge in [-0.3, -0.25) is 4.79 Å². The molecular weight excluding hydrogens is 349 g/mol. The zero-order valence-electron chi connectivity index (χ0n) is 15.5. The Hall–Kier alpha value is -2.89. The van der Waals surface area contributed by atoms with Crippen LogP contribution in [0.15, 0.2) is 54.6 Å². The molecule has 2 aromatic carbocycles. The molecular formula is C21H24FNO4. The van der Waals surface area contributed by atoms with E-state index in [4.69, 9.17) is 9.47 Å². The lowest BCUT2D eigenvalue weighted by molar-refractivity contribution is -0.149. The van der Waals surface area contributed by atoms with Crippen molar-refractivity contribution in [1.29, 1.82) is 0 Å². The van der Waals surface area contributed by atoms with Crippen molar-refractivity contribution in [3.8, 4) is 5.75 Å². The van der Waals surface area contributed by atoms with Crippen LogP contribution in [0.25, 0.3) is 0 Å². The number of nitrogens with one attached hydrogen (secondary N) is 1. The molecule has 0 heterocycles. The molecule has 5 nitrogen and oxygen atoms in total. The van der Waals surface area contributed by atoms with Gasteiger partial charge in [0.2, 0.25) is 5.91 Å². The number of rotatable bonds is 9. The Balaban J connectivity index is 1.80. The van der Waals surface area contributed by atoms with Crippen LogP contribution in [0.5, 0.6) is 5.75 Å². The highest BCUT2D eigenvalue weighted by atomic mass is 19.1. The molecule has 2 rings (SSSR count).